The van der Waals surface area contributed by atoms with Crippen molar-refractivity contribution in [3.05, 3.63) is 27.8 Å². The lowest BCUT2D eigenvalue weighted by Gasteiger charge is -2.32. The summed E-state index contributed by atoms with van der Waals surface area (Å²) in [5.74, 6) is -0.0911. The van der Waals surface area contributed by atoms with Gasteiger partial charge in [0.25, 0.3) is 0 Å². The maximum absolute atomic E-state index is 13.2. The topological polar surface area (TPSA) is 66.5 Å². The standard InChI is InChI=1S/C18H28N2O3S/c1-11-12(2)14(4)17(15(5)13(11)3)24(22,23)20-9-7-16(8-10-20)18(21)19-6/h16H,7-10H2,1-6H3,(H,19,21). The Morgan fingerprint density at radius 1 is 0.917 bits per heavy atom. The molecule has 1 N–H and O–H groups in total. The maximum atomic E-state index is 13.2. The predicted octanol–water partition coefficient (Wildman–Crippen LogP) is 2.38. The fourth-order valence-electron chi connectivity index (χ4n) is 3.54. The molecule has 0 unspecified atom stereocenters. The average Bonchev–Trinajstić information content (AvgIpc) is 2.57. The van der Waals surface area contributed by atoms with Gasteiger partial charge in [0.1, 0.15) is 0 Å². The van der Waals surface area contributed by atoms with Gasteiger partial charge >= 0.3 is 0 Å². The van der Waals surface area contributed by atoms with Crippen molar-refractivity contribution in [2.45, 2.75) is 52.4 Å². The van der Waals surface area contributed by atoms with Crippen molar-refractivity contribution in [1.29, 1.82) is 0 Å². The van der Waals surface area contributed by atoms with Gasteiger partial charge < -0.3 is 5.32 Å². The Kier molecular flexibility index (Phi) is 5.40. The highest BCUT2D eigenvalue weighted by Gasteiger charge is 2.34. The highest BCUT2D eigenvalue weighted by atomic mass is 32.2. The highest BCUT2D eigenvalue weighted by molar-refractivity contribution is 7.89. The molecule has 0 spiro atoms. The Balaban J connectivity index is 2.38. The summed E-state index contributed by atoms with van der Waals surface area (Å²) in [6.45, 7) is 10.6. The molecular weight excluding hydrogens is 324 g/mol. The van der Waals surface area contributed by atoms with Crippen LogP contribution in [0, 0.1) is 40.5 Å². The van der Waals surface area contributed by atoms with E-state index in [4.69, 9.17) is 0 Å². The molecule has 134 valence electrons. The van der Waals surface area contributed by atoms with E-state index in [1.54, 1.807) is 7.05 Å². The van der Waals surface area contributed by atoms with Crippen molar-refractivity contribution in [1.82, 2.24) is 9.62 Å². The quantitative estimate of drug-likeness (QED) is 0.908. The molecule has 1 aromatic rings. The third kappa shape index (κ3) is 3.09. The number of hydrogen-bond acceptors (Lipinski definition) is 3. The van der Waals surface area contributed by atoms with E-state index in [-0.39, 0.29) is 11.8 Å². The third-order valence-electron chi connectivity index (χ3n) is 5.60. The van der Waals surface area contributed by atoms with Crippen LogP contribution >= 0.6 is 0 Å². The molecule has 1 aliphatic rings. The molecule has 0 radical (unpaired) electrons. The second-order valence-corrected chi connectivity index (χ2v) is 8.62. The van der Waals surface area contributed by atoms with E-state index in [9.17, 15) is 13.2 Å². The van der Waals surface area contributed by atoms with E-state index in [0.717, 1.165) is 27.8 Å². The van der Waals surface area contributed by atoms with Gasteiger partial charge in [0, 0.05) is 26.1 Å². The molecule has 6 heteroatoms. The lowest BCUT2D eigenvalue weighted by atomic mass is 9.95. The smallest absolute Gasteiger partial charge is 0.243 e. The largest absolute Gasteiger partial charge is 0.359 e. The van der Waals surface area contributed by atoms with Crippen LogP contribution in [0.25, 0.3) is 0 Å². The van der Waals surface area contributed by atoms with Crippen LogP contribution in [-0.2, 0) is 14.8 Å². The molecule has 5 nitrogen and oxygen atoms in total. The highest BCUT2D eigenvalue weighted by Crippen LogP contribution is 2.33. The molecule has 0 atom stereocenters. The SMILES string of the molecule is CNC(=O)C1CCN(S(=O)(=O)c2c(C)c(C)c(C)c(C)c2C)CC1. The minimum Gasteiger partial charge on any atom is -0.359 e. The van der Waals surface area contributed by atoms with Gasteiger partial charge in [-0.2, -0.15) is 4.31 Å². The van der Waals surface area contributed by atoms with Gasteiger partial charge in [0.05, 0.1) is 4.90 Å². The predicted molar refractivity (Wildman–Crippen MR) is 95.7 cm³/mol. The Hall–Kier alpha value is -1.40. The van der Waals surface area contributed by atoms with Crippen LogP contribution in [0.3, 0.4) is 0 Å². The first-order valence-electron chi connectivity index (χ1n) is 8.41. The van der Waals surface area contributed by atoms with Gasteiger partial charge in [-0.25, -0.2) is 8.42 Å². The number of piperidine rings is 1. The molecular formula is C18H28N2O3S. The molecule has 0 bridgehead atoms. The second kappa shape index (κ2) is 6.84. The summed E-state index contributed by atoms with van der Waals surface area (Å²) in [5.41, 5.74) is 4.91. The normalized spacial score (nSPS) is 17.1. The van der Waals surface area contributed by atoms with Gasteiger partial charge in [-0.1, -0.05) is 0 Å². The Morgan fingerprint density at radius 3 is 1.75 bits per heavy atom. The van der Waals surface area contributed by atoms with Crippen molar-refractivity contribution in [2.75, 3.05) is 20.1 Å². The van der Waals surface area contributed by atoms with Crippen LogP contribution in [0.2, 0.25) is 0 Å². The summed E-state index contributed by atoms with van der Waals surface area (Å²) in [6.07, 6.45) is 1.14. The minimum atomic E-state index is -3.54. The van der Waals surface area contributed by atoms with Crippen LogP contribution in [-0.4, -0.2) is 38.8 Å². The van der Waals surface area contributed by atoms with E-state index in [2.05, 4.69) is 5.32 Å². The van der Waals surface area contributed by atoms with Gasteiger partial charge in [0.2, 0.25) is 15.9 Å². The van der Waals surface area contributed by atoms with E-state index in [0.29, 0.717) is 30.8 Å². The minimum absolute atomic E-state index is 0.00133. The number of carbonyl (C=O) groups excluding carboxylic acids is 1. The summed E-state index contributed by atoms with van der Waals surface area (Å²) in [4.78, 5) is 12.2. The van der Waals surface area contributed by atoms with Crippen LogP contribution in [0.1, 0.15) is 40.7 Å². The van der Waals surface area contributed by atoms with Crippen LogP contribution < -0.4 is 5.32 Å². The van der Waals surface area contributed by atoms with Crippen LogP contribution in [0.15, 0.2) is 4.90 Å². The zero-order valence-corrected chi connectivity index (χ0v) is 16.3. The molecule has 1 fully saturated rings. The summed E-state index contributed by atoms with van der Waals surface area (Å²) in [6, 6.07) is 0. The summed E-state index contributed by atoms with van der Waals surface area (Å²) in [7, 11) is -1.92. The lowest BCUT2D eigenvalue weighted by Crippen LogP contribution is -2.42. The molecule has 1 heterocycles. The molecule has 1 saturated heterocycles. The summed E-state index contributed by atoms with van der Waals surface area (Å²) < 4.78 is 28.0. The monoisotopic (exact) mass is 352 g/mol. The first-order chi connectivity index (χ1) is 11.1. The molecule has 24 heavy (non-hydrogen) atoms. The van der Waals surface area contributed by atoms with E-state index in [1.165, 1.54) is 4.31 Å². The number of nitrogens with one attached hydrogen (secondary N) is 1. The number of nitrogens with zero attached hydrogens (tertiary/aromatic N) is 1. The van der Waals surface area contributed by atoms with Crippen molar-refractivity contribution >= 4 is 15.9 Å². The molecule has 2 rings (SSSR count). The first kappa shape index (κ1) is 18.9. The fraction of sp³-hybridized carbons (Fsp3) is 0.611. The third-order valence-corrected chi connectivity index (χ3v) is 7.77. The van der Waals surface area contributed by atoms with Gasteiger partial charge in [-0.3, -0.25) is 4.79 Å². The number of carbonyl (C=O) groups is 1. The average molecular weight is 353 g/mol. The summed E-state index contributed by atoms with van der Waals surface area (Å²) >= 11 is 0. The molecule has 0 saturated carbocycles. The van der Waals surface area contributed by atoms with Crippen LogP contribution in [0.4, 0.5) is 0 Å². The number of hydrogen-bond donors (Lipinski definition) is 1. The molecule has 1 aromatic carbocycles. The fourth-order valence-corrected chi connectivity index (χ4v) is 5.57. The number of sulfonamides is 1. The van der Waals surface area contributed by atoms with E-state index >= 15 is 0 Å². The number of benzene rings is 1. The lowest BCUT2D eigenvalue weighted by molar-refractivity contribution is -0.125. The molecule has 1 amide bonds. The first-order valence-corrected chi connectivity index (χ1v) is 9.85. The molecule has 0 aromatic heterocycles. The van der Waals surface area contributed by atoms with Crippen LogP contribution in [0.5, 0.6) is 0 Å². The van der Waals surface area contributed by atoms with Gasteiger partial charge in [-0.15, -0.1) is 0 Å². The number of amides is 1. The molecule has 0 aliphatic carbocycles. The Labute approximate surface area is 145 Å². The maximum Gasteiger partial charge on any atom is 0.243 e. The summed E-state index contributed by atoms with van der Waals surface area (Å²) in [5, 5.41) is 2.65. The van der Waals surface area contributed by atoms with Crippen molar-refractivity contribution < 1.29 is 13.2 Å². The van der Waals surface area contributed by atoms with Crippen molar-refractivity contribution in [2.24, 2.45) is 5.92 Å². The van der Waals surface area contributed by atoms with E-state index < -0.39 is 10.0 Å². The zero-order chi connectivity index (χ0) is 18.2. The van der Waals surface area contributed by atoms with Gasteiger partial charge in [-0.05, 0) is 75.3 Å². The zero-order valence-electron chi connectivity index (χ0n) is 15.5. The number of rotatable bonds is 3. The van der Waals surface area contributed by atoms with Crippen molar-refractivity contribution in [3.63, 3.8) is 0 Å². The van der Waals surface area contributed by atoms with Gasteiger partial charge in [0.15, 0.2) is 0 Å². The van der Waals surface area contributed by atoms with Crippen molar-refractivity contribution in [3.8, 4) is 0 Å². The Morgan fingerprint density at radius 2 is 1.33 bits per heavy atom. The second-order valence-electron chi connectivity index (χ2n) is 6.75. The molecule has 1 aliphatic heterocycles. The Bertz CT molecular complexity index is 732. The van der Waals surface area contributed by atoms with E-state index in [1.807, 2.05) is 34.6 Å².